The predicted octanol–water partition coefficient (Wildman–Crippen LogP) is 5.09. The molecular weight excluding hydrogens is 1010 g/mol. The molecule has 3 heterocycles. The number of aliphatic hydroxyl groups is 11. The van der Waals surface area contributed by atoms with Crippen molar-refractivity contribution in [3.05, 3.63) is 48.6 Å². The summed E-state index contributed by atoms with van der Waals surface area (Å²) in [5.41, 5.74) is 0. The van der Waals surface area contributed by atoms with Gasteiger partial charge in [-0.2, -0.15) is 0 Å². The molecule has 1 amide bonds. The molecule has 0 aromatic carbocycles. The molecule has 3 saturated heterocycles. The van der Waals surface area contributed by atoms with E-state index in [1.54, 1.807) is 0 Å². The highest BCUT2D eigenvalue weighted by atomic mass is 16.8. The molecular formula is C59H105NO18. The number of hydrogen-bond acceptors (Lipinski definition) is 18. The van der Waals surface area contributed by atoms with Gasteiger partial charge in [-0.15, -0.1) is 0 Å². The van der Waals surface area contributed by atoms with E-state index in [0.717, 1.165) is 83.5 Å². The molecule has 0 aromatic heterocycles. The monoisotopic (exact) mass is 1120 g/mol. The Bertz CT molecular complexity index is 1620. The molecule has 3 aliphatic rings. The highest BCUT2D eigenvalue weighted by Gasteiger charge is 2.53. The molecule has 17 unspecified atom stereocenters. The number of nitrogens with one attached hydrogen (secondary N) is 1. The van der Waals surface area contributed by atoms with Gasteiger partial charge in [0.25, 0.3) is 0 Å². The summed E-state index contributed by atoms with van der Waals surface area (Å²) < 4.78 is 34.2. The van der Waals surface area contributed by atoms with Crippen LogP contribution in [0.2, 0.25) is 0 Å². The number of allylic oxidation sites excluding steroid dienone is 8. The first-order valence-electron chi connectivity index (χ1n) is 29.9. The van der Waals surface area contributed by atoms with E-state index in [2.05, 4.69) is 67.8 Å². The Morgan fingerprint density at radius 3 is 1.38 bits per heavy atom. The normalized spacial score (nSPS) is 30.8. The Hall–Kier alpha value is -2.25. The Labute approximate surface area is 465 Å². The lowest BCUT2D eigenvalue weighted by molar-refractivity contribution is -0.379. The van der Waals surface area contributed by atoms with E-state index < -0.39 is 124 Å². The van der Waals surface area contributed by atoms with Gasteiger partial charge in [-0.1, -0.05) is 178 Å². The zero-order valence-electron chi connectivity index (χ0n) is 47.1. The maximum Gasteiger partial charge on any atom is 0.220 e. The van der Waals surface area contributed by atoms with Gasteiger partial charge < -0.3 is 89.9 Å². The SMILES string of the molecule is CC/C=C\C/C=C\C/C=C\C/C=C\CCCCCCCCCCCCCCC(=O)NC(COC1OC(CO)C(OC2OC(CO)C(OC3OC(CO)C(O)C(O)C3O)C(O)C2O)C(O)C1O)C(O)CCCCCCCCCC. The largest absolute Gasteiger partial charge is 0.394 e. The topological polar surface area (TPSA) is 307 Å². The van der Waals surface area contributed by atoms with Gasteiger partial charge in [0, 0.05) is 6.42 Å². The second-order valence-corrected chi connectivity index (χ2v) is 21.4. The van der Waals surface area contributed by atoms with Crippen molar-refractivity contribution in [1.29, 1.82) is 0 Å². The lowest BCUT2D eigenvalue weighted by atomic mass is 9.96. The average Bonchev–Trinajstić information content (AvgIpc) is 3.48. The van der Waals surface area contributed by atoms with E-state index in [1.165, 1.54) is 70.6 Å². The van der Waals surface area contributed by atoms with Crippen molar-refractivity contribution in [2.75, 3.05) is 26.4 Å². The Morgan fingerprint density at radius 1 is 0.474 bits per heavy atom. The average molecular weight is 1120 g/mol. The Kier molecular flexibility index (Phi) is 38.2. The summed E-state index contributed by atoms with van der Waals surface area (Å²) >= 11 is 0. The second kappa shape index (κ2) is 42.6. The van der Waals surface area contributed by atoms with Crippen LogP contribution in [0.15, 0.2) is 48.6 Å². The van der Waals surface area contributed by atoms with Crippen LogP contribution in [0, 0.1) is 0 Å². The fourth-order valence-electron chi connectivity index (χ4n) is 10.0. The first kappa shape index (κ1) is 70.0. The van der Waals surface area contributed by atoms with E-state index in [4.69, 9.17) is 28.4 Å². The molecule has 0 saturated carbocycles. The summed E-state index contributed by atoms with van der Waals surface area (Å²) in [5, 5.41) is 120. The summed E-state index contributed by atoms with van der Waals surface area (Å²) in [6.07, 6.45) is 19.5. The van der Waals surface area contributed by atoms with Crippen LogP contribution >= 0.6 is 0 Å². The second-order valence-electron chi connectivity index (χ2n) is 21.4. The molecule has 17 atom stereocenters. The molecule has 3 rings (SSSR count). The van der Waals surface area contributed by atoms with Gasteiger partial charge in [0.2, 0.25) is 5.91 Å². The van der Waals surface area contributed by atoms with E-state index in [9.17, 15) is 61.0 Å². The molecule has 0 bridgehead atoms. The summed E-state index contributed by atoms with van der Waals surface area (Å²) in [4.78, 5) is 13.3. The lowest BCUT2D eigenvalue weighted by Gasteiger charge is -2.48. The van der Waals surface area contributed by atoms with Crippen molar-refractivity contribution in [3.8, 4) is 0 Å². The molecule has 0 aliphatic carbocycles. The zero-order valence-corrected chi connectivity index (χ0v) is 47.1. The third-order valence-corrected chi connectivity index (χ3v) is 14.9. The minimum atomic E-state index is -1.97. The van der Waals surface area contributed by atoms with Gasteiger partial charge in [-0.05, 0) is 51.4 Å². The van der Waals surface area contributed by atoms with Crippen molar-refractivity contribution in [2.24, 2.45) is 0 Å². The van der Waals surface area contributed by atoms with Gasteiger partial charge in [-0.25, -0.2) is 0 Å². The molecule has 0 spiro atoms. The van der Waals surface area contributed by atoms with E-state index >= 15 is 0 Å². The fourth-order valence-corrected chi connectivity index (χ4v) is 10.0. The van der Waals surface area contributed by atoms with Gasteiger partial charge >= 0.3 is 0 Å². The number of ether oxygens (including phenoxy) is 6. The van der Waals surface area contributed by atoms with Crippen LogP contribution in [0.25, 0.3) is 0 Å². The summed E-state index contributed by atoms with van der Waals surface area (Å²) in [5.74, 6) is -0.251. The van der Waals surface area contributed by atoms with Crippen LogP contribution in [-0.4, -0.2) is 193 Å². The molecule has 3 fully saturated rings. The smallest absolute Gasteiger partial charge is 0.220 e. The van der Waals surface area contributed by atoms with Gasteiger partial charge in [-0.3, -0.25) is 4.79 Å². The van der Waals surface area contributed by atoms with Crippen LogP contribution in [0.1, 0.15) is 187 Å². The van der Waals surface area contributed by atoms with Gasteiger partial charge in [0.05, 0.1) is 38.6 Å². The van der Waals surface area contributed by atoms with E-state index in [-0.39, 0.29) is 18.9 Å². The van der Waals surface area contributed by atoms with E-state index in [0.29, 0.717) is 12.8 Å². The number of amides is 1. The summed E-state index contributed by atoms with van der Waals surface area (Å²) in [6, 6.07) is -0.886. The Balaban J connectivity index is 1.41. The van der Waals surface area contributed by atoms with Crippen LogP contribution < -0.4 is 5.32 Å². The number of rotatable bonds is 43. The predicted molar refractivity (Wildman–Crippen MR) is 295 cm³/mol. The molecule has 12 N–H and O–H groups in total. The van der Waals surface area contributed by atoms with Gasteiger partial charge in [0.15, 0.2) is 18.9 Å². The lowest BCUT2D eigenvalue weighted by Crippen LogP contribution is -2.66. The maximum atomic E-state index is 13.3. The van der Waals surface area contributed by atoms with Crippen LogP contribution in [0.3, 0.4) is 0 Å². The Morgan fingerprint density at radius 2 is 0.885 bits per heavy atom. The molecule has 78 heavy (non-hydrogen) atoms. The zero-order chi connectivity index (χ0) is 56.9. The molecule has 0 aromatic rings. The highest BCUT2D eigenvalue weighted by molar-refractivity contribution is 5.76. The molecule has 454 valence electrons. The molecule has 0 radical (unpaired) electrons. The number of carbonyl (C=O) groups is 1. The number of hydrogen-bond donors (Lipinski definition) is 12. The minimum Gasteiger partial charge on any atom is -0.394 e. The quantitative estimate of drug-likeness (QED) is 0.0279. The van der Waals surface area contributed by atoms with Crippen LogP contribution in [0.5, 0.6) is 0 Å². The minimum absolute atomic E-state index is 0.251. The molecule has 19 nitrogen and oxygen atoms in total. The standard InChI is InChI=1S/C59H105NO18/c1-3-5-7-9-11-13-14-15-16-17-18-19-20-21-22-23-24-25-26-27-28-29-31-33-35-37-47(65)60-42(43(64)36-34-32-30-12-10-8-6-4-2)41-73-57-53(71)50(68)55(45(39-62)75-57)78-59-54(72)51(69)56(46(40-63)76-59)77-58-52(70)49(67)48(66)44(38-61)74-58/h5,7,11,13,15-16,18-19,42-46,48-59,61-64,66-72H,3-4,6,8-10,12,14,17,20-41H2,1-2H3,(H,60,65)/b7-5-,13-11-,16-15-,19-18-. The maximum absolute atomic E-state index is 13.3. The summed E-state index contributed by atoms with van der Waals surface area (Å²) in [7, 11) is 0. The molecule has 19 heteroatoms. The first-order chi connectivity index (χ1) is 37.8. The highest BCUT2D eigenvalue weighted by Crippen LogP contribution is 2.33. The van der Waals surface area contributed by atoms with Crippen molar-refractivity contribution in [2.45, 2.75) is 291 Å². The van der Waals surface area contributed by atoms with E-state index in [1.807, 2.05) is 0 Å². The first-order valence-corrected chi connectivity index (χ1v) is 29.9. The third-order valence-electron chi connectivity index (χ3n) is 14.9. The molecule has 3 aliphatic heterocycles. The summed E-state index contributed by atoms with van der Waals surface area (Å²) in [6.45, 7) is 1.61. The van der Waals surface area contributed by atoms with Gasteiger partial charge in [0.1, 0.15) is 73.2 Å². The van der Waals surface area contributed by atoms with Crippen molar-refractivity contribution in [1.82, 2.24) is 5.32 Å². The van der Waals surface area contributed by atoms with Crippen molar-refractivity contribution < 1.29 is 89.4 Å². The fraction of sp³-hybridized carbons (Fsp3) is 0.847. The van der Waals surface area contributed by atoms with Crippen molar-refractivity contribution >= 4 is 5.91 Å². The number of aliphatic hydroxyl groups excluding tert-OH is 11. The third kappa shape index (κ3) is 26.3. The van der Waals surface area contributed by atoms with Crippen molar-refractivity contribution in [3.63, 3.8) is 0 Å². The van der Waals surface area contributed by atoms with Crippen LogP contribution in [-0.2, 0) is 33.2 Å². The number of carbonyl (C=O) groups excluding carboxylic acids is 1. The number of unbranched alkanes of at least 4 members (excludes halogenated alkanes) is 19. The van der Waals surface area contributed by atoms with Crippen LogP contribution in [0.4, 0.5) is 0 Å².